The van der Waals surface area contributed by atoms with E-state index in [-0.39, 0.29) is 72.7 Å². The van der Waals surface area contributed by atoms with E-state index in [0.29, 0.717) is 0 Å². The Morgan fingerprint density at radius 2 is 1.27 bits per heavy atom. The fourth-order valence-corrected chi connectivity index (χ4v) is 0.476. The molecule has 1 heterocycles. The minimum atomic E-state index is 0. The van der Waals surface area contributed by atoms with Crippen molar-refractivity contribution in [3.05, 3.63) is 22.3 Å². The molecule has 1 aliphatic heterocycles. The summed E-state index contributed by atoms with van der Waals surface area (Å²) in [6.45, 7) is 3.43. The second kappa shape index (κ2) is 17.5. The molecule has 0 N–H and O–H groups in total. The van der Waals surface area contributed by atoms with Gasteiger partial charge in [0.05, 0.1) is 13.2 Å². The van der Waals surface area contributed by atoms with Crippen LogP contribution in [0.3, 0.4) is 0 Å². The summed E-state index contributed by atoms with van der Waals surface area (Å²) in [6, 6.07) is 0. The van der Waals surface area contributed by atoms with Gasteiger partial charge in [-0.2, -0.15) is 0 Å². The van der Waals surface area contributed by atoms with Crippen molar-refractivity contribution in [3.8, 4) is 0 Å². The molecule has 0 saturated carbocycles. The number of hydrogen-bond acceptors (Lipinski definition) is 2. The first-order valence-corrected chi connectivity index (χ1v) is 2.13. The van der Waals surface area contributed by atoms with Crippen LogP contribution in [-0.2, 0) is 30.5 Å². The van der Waals surface area contributed by atoms with Crippen LogP contribution in [0.5, 0.6) is 0 Å². The second-order valence-electron chi connectivity index (χ2n) is 1.31. The van der Waals surface area contributed by atoms with Crippen LogP contribution in [0.4, 0.5) is 0 Å². The Morgan fingerprint density at radius 3 is 1.36 bits per heavy atom. The molecule has 4 heteroatoms. The molecule has 0 spiro atoms. The maximum Gasteiger partial charge on any atom is 2.00 e. The van der Waals surface area contributed by atoms with Crippen molar-refractivity contribution in [2.75, 3.05) is 13.2 Å². The largest absolute Gasteiger partial charge is 2.00 e. The van der Waals surface area contributed by atoms with Crippen molar-refractivity contribution >= 4 is 23.1 Å². The van der Waals surface area contributed by atoms with E-state index in [4.69, 9.17) is 9.47 Å². The van der Waals surface area contributed by atoms with Crippen LogP contribution < -0.4 is 0 Å². The third kappa shape index (κ3) is 14.3. The average molecular weight is 341 g/mol. The quantitative estimate of drug-likeness (QED) is 0.489. The Hall–Kier alpha value is 1.37. The summed E-state index contributed by atoms with van der Waals surface area (Å²) >= 11 is 0. The maximum atomic E-state index is 4.93. The summed E-state index contributed by atoms with van der Waals surface area (Å²) in [7, 11) is 0. The molecule has 1 rings (SSSR count). The van der Waals surface area contributed by atoms with Gasteiger partial charge in [-0.3, -0.25) is 0 Å². The molecule has 0 unspecified atom stereocenters. The van der Waals surface area contributed by atoms with Gasteiger partial charge in [0.15, 0.2) is 6.29 Å². The zero-order valence-corrected chi connectivity index (χ0v) is 12.3. The van der Waals surface area contributed by atoms with Crippen molar-refractivity contribution in [2.45, 2.75) is 13.2 Å². The molecule has 0 atom stereocenters. The standard InChI is InChI=1S/C4H8O2.3CH3.Mg.W/c1-4-5-2-3-6-4;;;;;/h4H,2-3H2,1H3;3*1H3;;/q;3*-1;+2;. The monoisotopic (exact) mass is 341 g/mol. The van der Waals surface area contributed by atoms with E-state index < -0.39 is 0 Å². The first kappa shape index (κ1) is 29.4. The van der Waals surface area contributed by atoms with Gasteiger partial charge in [0.1, 0.15) is 0 Å². The third-order valence-electron chi connectivity index (χ3n) is 0.788. The van der Waals surface area contributed by atoms with E-state index in [9.17, 15) is 0 Å². The van der Waals surface area contributed by atoms with Crippen LogP contribution in [-0.4, -0.2) is 42.6 Å². The van der Waals surface area contributed by atoms with Gasteiger partial charge in [0.2, 0.25) is 0 Å². The molecule has 0 aliphatic carbocycles. The van der Waals surface area contributed by atoms with E-state index in [1.54, 1.807) is 0 Å². The zero-order valence-electron chi connectivity index (χ0n) is 7.92. The van der Waals surface area contributed by atoms with Gasteiger partial charge in [0.25, 0.3) is 0 Å². The van der Waals surface area contributed by atoms with Gasteiger partial charge in [-0.05, 0) is 6.92 Å². The predicted molar refractivity (Wildman–Crippen MR) is 46.4 cm³/mol. The maximum absolute atomic E-state index is 4.93. The number of ether oxygens (including phenoxy) is 2. The van der Waals surface area contributed by atoms with Crippen LogP contribution in [0, 0.1) is 22.3 Å². The summed E-state index contributed by atoms with van der Waals surface area (Å²) in [5.41, 5.74) is 0. The Morgan fingerprint density at radius 1 is 1.00 bits per heavy atom. The molecule has 0 aromatic rings. The summed E-state index contributed by atoms with van der Waals surface area (Å²) in [6.07, 6.45) is 0.0463. The van der Waals surface area contributed by atoms with Crippen molar-refractivity contribution in [3.63, 3.8) is 0 Å². The minimum Gasteiger partial charge on any atom is -0.358 e. The molecule has 0 bridgehead atoms. The molecule has 1 aliphatic rings. The van der Waals surface area contributed by atoms with Gasteiger partial charge in [0, 0.05) is 21.1 Å². The number of hydrogen-bond donors (Lipinski definition) is 0. The molecule has 11 heavy (non-hydrogen) atoms. The normalized spacial score (nSPS) is 13.9. The van der Waals surface area contributed by atoms with Crippen molar-refractivity contribution in [1.29, 1.82) is 0 Å². The third-order valence-corrected chi connectivity index (χ3v) is 0.788. The topological polar surface area (TPSA) is 18.5 Å². The summed E-state index contributed by atoms with van der Waals surface area (Å²) in [4.78, 5) is 0. The zero-order chi connectivity index (χ0) is 4.41. The fraction of sp³-hybridized carbons (Fsp3) is 0.571. The number of rotatable bonds is 0. The van der Waals surface area contributed by atoms with Crippen LogP contribution >= 0.6 is 0 Å². The van der Waals surface area contributed by atoms with Gasteiger partial charge < -0.3 is 31.8 Å². The van der Waals surface area contributed by atoms with Gasteiger partial charge >= 0.3 is 23.1 Å². The van der Waals surface area contributed by atoms with E-state index in [1.807, 2.05) is 6.92 Å². The SMILES string of the molecule is CC1OCCO1.[CH3-].[CH3-].[CH3-].[Mg+2].[W]. The van der Waals surface area contributed by atoms with E-state index in [2.05, 4.69) is 0 Å². The first-order valence-electron chi connectivity index (χ1n) is 2.13. The molecule has 66 valence electrons. The van der Waals surface area contributed by atoms with Crippen LogP contribution in [0.25, 0.3) is 0 Å². The van der Waals surface area contributed by atoms with Crippen LogP contribution in [0.1, 0.15) is 6.92 Å². The molecule has 0 radical (unpaired) electrons. The fourth-order valence-electron chi connectivity index (χ4n) is 0.476. The summed E-state index contributed by atoms with van der Waals surface area (Å²) in [5, 5.41) is 0. The Kier molecular flexibility index (Phi) is 46.7. The second-order valence-corrected chi connectivity index (χ2v) is 1.31. The minimum absolute atomic E-state index is 0. The molecule has 2 nitrogen and oxygen atoms in total. The molecular formula is C7H17MgO2W-. The van der Waals surface area contributed by atoms with Gasteiger partial charge in [-0.1, -0.05) is 0 Å². The summed E-state index contributed by atoms with van der Waals surface area (Å²) < 4.78 is 9.86. The average Bonchev–Trinajstić information content (AvgIpc) is 1.86. The van der Waals surface area contributed by atoms with Crippen molar-refractivity contribution in [2.24, 2.45) is 0 Å². The van der Waals surface area contributed by atoms with E-state index >= 15 is 0 Å². The van der Waals surface area contributed by atoms with Crippen LogP contribution in [0.15, 0.2) is 0 Å². The van der Waals surface area contributed by atoms with Crippen LogP contribution in [0.2, 0.25) is 0 Å². The van der Waals surface area contributed by atoms with Crippen molar-refractivity contribution in [1.82, 2.24) is 0 Å². The molecule has 0 aromatic carbocycles. The Bertz CT molecular complexity index is 49.7. The van der Waals surface area contributed by atoms with Gasteiger partial charge in [-0.15, -0.1) is 0 Å². The molecule has 0 aromatic heterocycles. The predicted octanol–water partition coefficient (Wildman–Crippen LogP) is 1.35. The Labute approximate surface area is 102 Å². The first-order chi connectivity index (χ1) is 2.89. The molecular weight excluding hydrogens is 324 g/mol. The smallest absolute Gasteiger partial charge is 0.358 e. The molecule has 1 fully saturated rings. The Balaban J connectivity index is -0.0000000240. The van der Waals surface area contributed by atoms with Crippen molar-refractivity contribution < 1.29 is 30.5 Å². The summed E-state index contributed by atoms with van der Waals surface area (Å²) in [5.74, 6) is 0. The van der Waals surface area contributed by atoms with Gasteiger partial charge in [-0.25, -0.2) is 0 Å². The van der Waals surface area contributed by atoms with E-state index in [1.165, 1.54) is 0 Å². The molecule has 1 saturated heterocycles. The van der Waals surface area contributed by atoms with E-state index in [0.717, 1.165) is 13.2 Å². The molecule has 0 amide bonds.